The number of ether oxygens (including phenoxy) is 4. The number of hydrogen-bond donors (Lipinski definition) is 3. The fraction of sp³-hybridized carbons (Fsp3) is 0.400. The molecule has 1 heterocycles. The van der Waals surface area contributed by atoms with Crippen LogP contribution >= 0.6 is 0 Å². The van der Waals surface area contributed by atoms with Crippen LogP contribution in [0.25, 0.3) is 0 Å². The van der Waals surface area contributed by atoms with E-state index in [1.165, 1.54) is 0 Å². The number of fused-ring (bicyclic) bond motifs is 2. The van der Waals surface area contributed by atoms with E-state index in [-0.39, 0.29) is 17.8 Å². The summed E-state index contributed by atoms with van der Waals surface area (Å²) in [6.45, 7) is 1.40. The molecule has 2 aromatic rings. The zero-order chi connectivity index (χ0) is 23.4. The molecule has 0 amide bonds. The van der Waals surface area contributed by atoms with Crippen molar-refractivity contribution in [3.05, 3.63) is 60.7 Å². The Bertz CT molecular complexity index is 976. The van der Waals surface area contributed by atoms with Crippen molar-refractivity contribution in [2.24, 2.45) is 5.92 Å². The first-order chi connectivity index (χ1) is 15.9. The molecule has 0 spiro atoms. The zero-order valence-electron chi connectivity index (χ0n) is 18.2. The van der Waals surface area contributed by atoms with Crippen LogP contribution in [-0.4, -0.2) is 58.4 Å². The molecule has 33 heavy (non-hydrogen) atoms. The van der Waals surface area contributed by atoms with Crippen molar-refractivity contribution in [3.8, 4) is 23.0 Å². The number of aliphatic hydroxyl groups excluding tert-OH is 2. The average molecular weight is 456 g/mol. The maximum Gasteiger partial charge on any atom is 0.341 e. The van der Waals surface area contributed by atoms with Gasteiger partial charge in [-0.1, -0.05) is 36.4 Å². The molecule has 1 aliphatic heterocycles. The number of carboxylic acid groups (broad SMARTS) is 1. The number of hydrogen-bond acceptors (Lipinski definition) is 7. The molecule has 1 fully saturated rings. The van der Waals surface area contributed by atoms with Crippen molar-refractivity contribution >= 4 is 5.97 Å². The minimum atomic E-state index is -1.09. The van der Waals surface area contributed by atoms with Crippen LogP contribution in [0.15, 0.2) is 60.7 Å². The van der Waals surface area contributed by atoms with E-state index in [1.54, 1.807) is 30.4 Å². The third kappa shape index (κ3) is 5.58. The molecule has 0 bridgehead atoms. The van der Waals surface area contributed by atoms with Gasteiger partial charge in [0.2, 0.25) is 5.75 Å². The molecular formula is C25H28O8. The van der Waals surface area contributed by atoms with Gasteiger partial charge in [-0.05, 0) is 31.2 Å². The summed E-state index contributed by atoms with van der Waals surface area (Å²) in [5.74, 6) is 0.330. The highest BCUT2D eigenvalue weighted by Crippen LogP contribution is 2.46. The summed E-state index contributed by atoms with van der Waals surface area (Å²) in [7, 11) is 0. The van der Waals surface area contributed by atoms with Gasteiger partial charge in [0, 0.05) is 18.8 Å². The predicted molar refractivity (Wildman–Crippen MR) is 119 cm³/mol. The fourth-order valence-electron chi connectivity index (χ4n) is 4.21. The molecule has 4 rings (SSSR count). The Morgan fingerprint density at radius 2 is 1.97 bits per heavy atom. The van der Waals surface area contributed by atoms with Crippen LogP contribution in [-0.2, 0) is 4.79 Å². The van der Waals surface area contributed by atoms with Crippen molar-refractivity contribution in [1.29, 1.82) is 0 Å². The standard InChI is InChI=1S/C25H28O8/c1-15(31-17-6-3-2-4-7-17)12-16(26)10-11-18-19(27)13-22-24(18)32-21-9-5-8-20(25(21)33-22)30-14-23(28)29/h2-11,15-16,18-19,22,24,26-27H,12-14H2,1H3,(H,28,29). The van der Waals surface area contributed by atoms with Crippen molar-refractivity contribution in [2.45, 2.75) is 50.3 Å². The van der Waals surface area contributed by atoms with E-state index in [2.05, 4.69) is 0 Å². The third-order valence-electron chi connectivity index (χ3n) is 5.70. The fourth-order valence-corrected chi connectivity index (χ4v) is 4.21. The highest BCUT2D eigenvalue weighted by Gasteiger charge is 2.47. The number of aliphatic hydroxyl groups is 2. The number of rotatable bonds is 9. The van der Waals surface area contributed by atoms with E-state index >= 15 is 0 Å². The molecular weight excluding hydrogens is 428 g/mol. The molecule has 3 N–H and O–H groups in total. The summed E-state index contributed by atoms with van der Waals surface area (Å²) < 4.78 is 23.3. The molecule has 8 heteroatoms. The Morgan fingerprint density at radius 3 is 2.73 bits per heavy atom. The number of carbonyl (C=O) groups is 1. The molecule has 1 aliphatic carbocycles. The lowest BCUT2D eigenvalue weighted by molar-refractivity contribution is -0.139. The van der Waals surface area contributed by atoms with E-state index in [9.17, 15) is 15.0 Å². The molecule has 2 aliphatic rings. The number of carboxylic acids is 1. The SMILES string of the molecule is CC(CC(O)C=CC1C(O)CC2Oc3c(OCC(=O)O)cccc3OC21)Oc1ccccc1. The predicted octanol–water partition coefficient (Wildman–Crippen LogP) is 2.81. The molecule has 176 valence electrons. The highest BCUT2D eigenvalue weighted by molar-refractivity contribution is 5.69. The topological polar surface area (TPSA) is 115 Å². The molecule has 6 unspecified atom stereocenters. The van der Waals surface area contributed by atoms with Gasteiger partial charge < -0.3 is 34.3 Å². The first-order valence-corrected chi connectivity index (χ1v) is 11.0. The summed E-state index contributed by atoms with van der Waals surface area (Å²) in [5, 5.41) is 29.9. The Kier molecular flexibility index (Phi) is 7.05. The van der Waals surface area contributed by atoms with Crippen LogP contribution in [0.4, 0.5) is 0 Å². The largest absolute Gasteiger partial charge is 0.491 e. The van der Waals surface area contributed by atoms with Gasteiger partial charge in [-0.15, -0.1) is 0 Å². The third-order valence-corrected chi connectivity index (χ3v) is 5.70. The van der Waals surface area contributed by atoms with Gasteiger partial charge in [0.25, 0.3) is 0 Å². The van der Waals surface area contributed by atoms with E-state index in [4.69, 9.17) is 24.1 Å². The van der Waals surface area contributed by atoms with E-state index in [0.717, 1.165) is 5.75 Å². The molecule has 2 aromatic carbocycles. The van der Waals surface area contributed by atoms with Gasteiger partial charge in [0.1, 0.15) is 18.0 Å². The average Bonchev–Trinajstić information content (AvgIpc) is 3.09. The lowest BCUT2D eigenvalue weighted by Gasteiger charge is -2.32. The normalized spacial score (nSPS) is 25.3. The maximum absolute atomic E-state index is 10.8. The smallest absolute Gasteiger partial charge is 0.341 e. The first-order valence-electron chi connectivity index (χ1n) is 11.0. The van der Waals surface area contributed by atoms with Gasteiger partial charge in [-0.3, -0.25) is 0 Å². The van der Waals surface area contributed by atoms with E-state index in [1.807, 2.05) is 37.3 Å². The van der Waals surface area contributed by atoms with Gasteiger partial charge in [-0.25, -0.2) is 4.79 Å². The summed E-state index contributed by atoms with van der Waals surface area (Å²) >= 11 is 0. The minimum absolute atomic E-state index is 0.196. The summed E-state index contributed by atoms with van der Waals surface area (Å²) in [6, 6.07) is 14.4. The van der Waals surface area contributed by atoms with Crippen LogP contribution in [0.3, 0.4) is 0 Å². The Morgan fingerprint density at radius 1 is 1.18 bits per heavy atom. The lowest BCUT2D eigenvalue weighted by atomic mass is 10.0. The van der Waals surface area contributed by atoms with Gasteiger partial charge in [-0.2, -0.15) is 0 Å². The summed E-state index contributed by atoms with van der Waals surface area (Å²) in [4.78, 5) is 10.8. The van der Waals surface area contributed by atoms with Crippen LogP contribution < -0.4 is 18.9 Å². The van der Waals surface area contributed by atoms with Crippen molar-refractivity contribution < 1.29 is 39.1 Å². The van der Waals surface area contributed by atoms with Gasteiger partial charge in [0.05, 0.1) is 18.3 Å². The van der Waals surface area contributed by atoms with Gasteiger partial charge >= 0.3 is 5.97 Å². The Hall–Kier alpha value is -3.23. The number of benzene rings is 2. The highest BCUT2D eigenvalue weighted by atomic mass is 16.6. The second-order valence-electron chi connectivity index (χ2n) is 8.31. The van der Waals surface area contributed by atoms with Crippen LogP contribution in [0, 0.1) is 5.92 Å². The monoisotopic (exact) mass is 456 g/mol. The summed E-state index contributed by atoms with van der Waals surface area (Å²) in [6.07, 6.45) is 1.65. The second kappa shape index (κ2) is 10.1. The summed E-state index contributed by atoms with van der Waals surface area (Å²) in [5.41, 5.74) is 0. The number of para-hydroxylation sites is 2. The van der Waals surface area contributed by atoms with Crippen LogP contribution in [0.5, 0.6) is 23.0 Å². The quantitative estimate of drug-likeness (QED) is 0.494. The minimum Gasteiger partial charge on any atom is -0.491 e. The zero-order valence-corrected chi connectivity index (χ0v) is 18.2. The second-order valence-corrected chi connectivity index (χ2v) is 8.31. The van der Waals surface area contributed by atoms with Gasteiger partial charge in [0.15, 0.2) is 18.1 Å². The molecule has 1 saturated carbocycles. The molecule has 0 radical (unpaired) electrons. The van der Waals surface area contributed by atoms with E-state index < -0.39 is 37.0 Å². The molecule has 8 nitrogen and oxygen atoms in total. The van der Waals surface area contributed by atoms with Crippen molar-refractivity contribution in [2.75, 3.05) is 6.61 Å². The number of aliphatic carboxylic acids is 1. The molecule has 0 aromatic heterocycles. The van der Waals surface area contributed by atoms with Crippen molar-refractivity contribution in [3.63, 3.8) is 0 Å². The molecule has 6 atom stereocenters. The van der Waals surface area contributed by atoms with Crippen LogP contribution in [0.1, 0.15) is 19.8 Å². The Balaban J connectivity index is 1.38. The van der Waals surface area contributed by atoms with Crippen LogP contribution in [0.2, 0.25) is 0 Å². The first kappa shape index (κ1) is 22.9. The van der Waals surface area contributed by atoms with E-state index in [0.29, 0.717) is 24.3 Å². The lowest BCUT2D eigenvalue weighted by Crippen LogP contribution is -2.39. The molecule has 0 saturated heterocycles. The maximum atomic E-state index is 10.8. The Labute approximate surface area is 192 Å². The van der Waals surface area contributed by atoms with Crippen molar-refractivity contribution in [1.82, 2.24) is 0 Å².